The zero-order valence-electron chi connectivity index (χ0n) is 9.39. The number of nitrogens with zero attached hydrogens (tertiary/aromatic N) is 2. The van der Waals surface area contributed by atoms with Gasteiger partial charge in [0.1, 0.15) is 6.10 Å². The minimum atomic E-state index is -0.833. The lowest BCUT2D eigenvalue weighted by molar-refractivity contribution is 0.209. The summed E-state index contributed by atoms with van der Waals surface area (Å²) in [7, 11) is 0. The molecule has 3 nitrogen and oxygen atoms in total. The fourth-order valence-electron chi connectivity index (χ4n) is 1.64. The number of hydrogen-bond acceptors (Lipinski definition) is 3. The first-order valence-electron chi connectivity index (χ1n) is 5.16. The average Bonchev–Trinajstić information content (AvgIpc) is 2.83. The normalized spacial score (nSPS) is 13.3. The molecule has 2 aromatic rings. The molecule has 1 atom stereocenters. The van der Waals surface area contributed by atoms with Gasteiger partial charge in [-0.05, 0) is 25.3 Å². The van der Waals surface area contributed by atoms with Crippen LogP contribution in [0.25, 0.3) is 0 Å². The molecule has 0 fully saturated rings. The summed E-state index contributed by atoms with van der Waals surface area (Å²) in [5.74, 6) is 0. The Morgan fingerprint density at radius 3 is 2.59 bits per heavy atom. The van der Waals surface area contributed by atoms with E-state index in [4.69, 9.17) is 23.2 Å². The molecule has 6 heteroatoms. The molecule has 1 unspecified atom stereocenters. The summed E-state index contributed by atoms with van der Waals surface area (Å²) in [5.41, 5.74) is 0.589. The predicted molar refractivity (Wildman–Crippen MR) is 71.0 cm³/mol. The van der Waals surface area contributed by atoms with E-state index in [1.165, 1.54) is 11.3 Å². The van der Waals surface area contributed by atoms with Gasteiger partial charge in [0.05, 0.1) is 26.8 Å². The van der Waals surface area contributed by atoms with Gasteiger partial charge in [0.15, 0.2) is 0 Å². The zero-order chi connectivity index (χ0) is 12.6. The van der Waals surface area contributed by atoms with E-state index in [0.717, 1.165) is 0 Å². The molecular formula is C11H12Cl2N2OS. The van der Waals surface area contributed by atoms with Crippen molar-refractivity contribution in [3.8, 4) is 0 Å². The standard InChI is InChI=1S/C11H12Cl2N2OS/c1-6(2)15-9(8(13)5-14-15)10(16)11-7(12)3-4-17-11/h3-6,10,16H,1-2H3. The summed E-state index contributed by atoms with van der Waals surface area (Å²) in [6, 6.07) is 1.89. The van der Waals surface area contributed by atoms with Crippen molar-refractivity contribution in [2.75, 3.05) is 0 Å². The van der Waals surface area contributed by atoms with E-state index < -0.39 is 6.10 Å². The summed E-state index contributed by atoms with van der Waals surface area (Å²) < 4.78 is 1.71. The molecule has 2 heterocycles. The van der Waals surface area contributed by atoms with Gasteiger partial charge in [-0.3, -0.25) is 4.68 Å². The van der Waals surface area contributed by atoms with Crippen molar-refractivity contribution in [1.29, 1.82) is 0 Å². The number of thiophene rings is 1. The third-order valence-corrected chi connectivity index (χ3v) is 4.13. The zero-order valence-corrected chi connectivity index (χ0v) is 11.7. The van der Waals surface area contributed by atoms with Gasteiger partial charge in [0.25, 0.3) is 0 Å². The molecule has 0 aliphatic rings. The number of aromatic nitrogens is 2. The quantitative estimate of drug-likeness (QED) is 0.931. The summed E-state index contributed by atoms with van der Waals surface area (Å²) in [4.78, 5) is 0.691. The maximum Gasteiger partial charge on any atom is 0.133 e. The Kier molecular flexibility index (Phi) is 3.78. The van der Waals surface area contributed by atoms with Crippen LogP contribution in [-0.2, 0) is 0 Å². The fraction of sp³-hybridized carbons (Fsp3) is 0.364. The molecule has 2 aromatic heterocycles. The second-order valence-corrected chi connectivity index (χ2v) is 5.71. The molecule has 0 aliphatic heterocycles. The van der Waals surface area contributed by atoms with Crippen molar-refractivity contribution < 1.29 is 5.11 Å². The summed E-state index contributed by atoms with van der Waals surface area (Å²) in [6.45, 7) is 3.96. The van der Waals surface area contributed by atoms with Crippen molar-refractivity contribution >= 4 is 34.5 Å². The van der Waals surface area contributed by atoms with Crippen LogP contribution >= 0.6 is 34.5 Å². The minimum Gasteiger partial charge on any atom is -0.381 e. The molecule has 0 aromatic carbocycles. The number of aliphatic hydroxyl groups is 1. The van der Waals surface area contributed by atoms with Gasteiger partial charge in [-0.15, -0.1) is 11.3 Å². The Morgan fingerprint density at radius 2 is 2.06 bits per heavy atom. The molecule has 0 aliphatic carbocycles. The van der Waals surface area contributed by atoms with Crippen molar-refractivity contribution in [2.24, 2.45) is 0 Å². The lowest BCUT2D eigenvalue weighted by Crippen LogP contribution is -2.12. The largest absolute Gasteiger partial charge is 0.381 e. The van der Waals surface area contributed by atoms with E-state index in [9.17, 15) is 5.11 Å². The first kappa shape index (κ1) is 12.9. The van der Waals surface area contributed by atoms with Gasteiger partial charge >= 0.3 is 0 Å². The van der Waals surface area contributed by atoms with Crippen LogP contribution in [0.1, 0.15) is 36.6 Å². The van der Waals surface area contributed by atoms with Crippen LogP contribution in [0.5, 0.6) is 0 Å². The number of aliphatic hydroxyl groups excluding tert-OH is 1. The molecule has 0 bridgehead atoms. The number of rotatable bonds is 3. The Hall–Kier alpha value is -0.550. The molecule has 0 saturated carbocycles. The molecule has 0 radical (unpaired) electrons. The van der Waals surface area contributed by atoms with Crippen LogP contribution in [0.2, 0.25) is 10.0 Å². The fourth-order valence-corrected chi connectivity index (χ4v) is 3.02. The van der Waals surface area contributed by atoms with Crippen molar-refractivity contribution in [2.45, 2.75) is 26.0 Å². The van der Waals surface area contributed by atoms with Crippen LogP contribution in [-0.4, -0.2) is 14.9 Å². The highest BCUT2D eigenvalue weighted by molar-refractivity contribution is 7.10. The van der Waals surface area contributed by atoms with Crippen molar-refractivity contribution in [3.05, 3.63) is 38.3 Å². The van der Waals surface area contributed by atoms with E-state index in [-0.39, 0.29) is 6.04 Å². The van der Waals surface area contributed by atoms with Crippen LogP contribution in [0, 0.1) is 0 Å². The molecule has 0 spiro atoms. The topological polar surface area (TPSA) is 38.0 Å². The van der Waals surface area contributed by atoms with Crippen LogP contribution in [0.15, 0.2) is 17.6 Å². The van der Waals surface area contributed by atoms with E-state index in [1.807, 2.05) is 19.2 Å². The number of halogens is 2. The summed E-state index contributed by atoms with van der Waals surface area (Å²) in [6.07, 6.45) is 0.710. The van der Waals surface area contributed by atoms with E-state index in [2.05, 4.69) is 5.10 Å². The maximum absolute atomic E-state index is 10.3. The average molecular weight is 291 g/mol. The first-order chi connectivity index (χ1) is 8.02. The molecule has 17 heavy (non-hydrogen) atoms. The van der Waals surface area contributed by atoms with E-state index in [1.54, 1.807) is 16.9 Å². The molecule has 0 amide bonds. The molecular weight excluding hydrogens is 279 g/mol. The lowest BCUT2D eigenvalue weighted by Gasteiger charge is -2.15. The van der Waals surface area contributed by atoms with Gasteiger partial charge in [0.2, 0.25) is 0 Å². The number of hydrogen-bond donors (Lipinski definition) is 1. The maximum atomic E-state index is 10.3. The Balaban J connectivity index is 2.47. The smallest absolute Gasteiger partial charge is 0.133 e. The molecule has 92 valence electrons. The second-order valence-electron chi connectivity index (χ2n) is 3.95. The highest BCUT2D eigenvalue weighted by Crippen LogP contribution is 2.36. The molecule has 2 rings (SSSR count). The SMILES string of the molecule is CC(C)n1ncc(Cl)c1C(O)c1sccc1Cl. The first-order valence-corrected chi connectivity index (χ1v) is 6.79. The molecule has 1 N–H and O–H groups in total. The van der Waals surface area contributed by atoms with Crippen LogP contribution in [0.3, 0.4) is 0 Å². The Labute approximate surface area is 114 Å². The third kappa shape index (κ3) is 2.36. The molecule has 0 saturated heterocycles. The van der Waals surface area contributed by atoms with Crippen LogP contribution < -0.4 is 0 Å². The van der Waals surface area contributed by atoms with Crippen LogP contribution in [0.4, 0.5) is 0 Å². The van der Waals surface area contributed by atoms with Gasteiger partial charge in [-0.2, -0.15) is 5.10 Å². The van der Waals surface area contributed by atoms with Gasteiger partial charge in [0, 0.05) is 6.04 Å². The van der Waals surface area contributed by atoms with Gasteiger partial charge in [-0.1, -0.05) is 23.2 Å². The van der Waals surface area contributed by atoms with E-state index >= 15 is 0 Å². The highest BCUT2D eigenvalue weighted by atomic mass is 35.5. The van der Waals surface area contributed by atoms with E-state index in [0.29, 0.717) is 20.6 Å². The third-order valence-electron chi connectivity index (χ3n) is 2.43. The van der Waals surface area contributed by atoms with Crippen molar-refractivity contribution in [1.82, 2.24) is 9.78 Å². The summed E-state index contributed by atoms with van der Waals surface area (Å²) in [5, 5.41) is 17.3. The monoisotopic (exact) mass is 290 g/mol. The minimum absolute atomic E-state index is 0.130. The highest BCUT2D eigenvalue weighted by Gasteiger charge is 2.23. The van der Waals surface area contributed by atoms with Gasteiger partial charge < -0.3 is 5.11 Å². The predicted octanol–water partition coefficient (Wildman–Crippen LogP) is 3.91. The lowest BCUT2D eigenvalue weighted by atomic mass is 10.2. The second kappa shape index (κ2) is 4.98. The Morgan fingerprint density at radius 1 is 1.35 bits per heavy atom. The Bertz CT molecular complexity index is 521. The summed E-state index contributed by atoms with van der Waals surface area (Å²) >= 11 is 13.5. The van der Waals surface area contributed by atoms with Crippen molar-refractivity contribution in [3.63, 3.8) is 0 Å². The van der Waals surface area contributed by atoms with Gasteiger partial charge in [-0.25, -0.2) is 0 Å².